The summed E-state index contributed by atoms with van der Waals surface area (Å²) in [5.74, 6) is 1.89. The molecule has 0 saturated carbocycles. The second-order valence-corrected chi connectivity index (χ2v) is 5.84. The molecule has 21 heavy (non-hydrogen) atoms. The van der Waals surface area contributed by atoms with Crippen LogP contribution < -0.4 is 19.7 Å². The van der Waals surface area contributed by atoms with E-state index in [9.17, 15) is 0 Å². The maximum Gasteiger partial charge on any atom is 0.167 e. The van der Waals surface area contributed by atoms with Gasteiger partial charge >= 0.3 is 0 Å². The van der Waals surface area contributed by atoms with E-state index in [4.69, 9.17) is 9.47 Å². The van der Waals surface area contributed by atoms with Crippen molar-refractivity contribution in [1.29, 1.82) is 0 Å². The number of methoxy groups -OCH3 is 2. The van der Waals surface area contributed by atoms with Crippen LogP contribution in [0.4, 0.5) is 0 Å². The molecule has 4 heteroatoms. The molecular weight excluding hydrogens is 264 g/mol. The number of ether oxygens (including phenoxy) is 2. The maximum absolute atomic E-state index is 5.68. The van der Waals surface area contributed by atoms with Crippen molar-refractivity contribution >= 4 is 0 Å². The fourth-order valence-corrected chi connectivity index (χ4v) is 3.52. The van der Waals surface area contributed by atoms with E-state index in [1.807, 2.05) is 6.07 Å². The molecule has 1 aromatic rings. The van der Waals surface area contributed by atoms with Crippen LogP contribution in [-0.4, -0.2) is 33.9 Å². The van der Waals surface area contributed by atoms with E-state index in [1.54, 1.807) is 19.1 Å². The van der Waals surface area contributed by atoms with Gasteiger partial charge in [-0.15, -0.1) is 0 Å². The SMILES string of the molecule is CCC[NH+](CCC)[C@H]1C[NH2+]Cc2cc(OC)cc(OC)c21. The summed E-state index contributed by atoms with van der Waals surface area (Å²) in [7, 11) is 3.49. The summed E-state index contributed by atoms with van der Waals surface area (Å²) in [5, 5.41) is 2.41. The molecule has 0 radical (unpaired) electrons. The summed E-state index contributed by atoms with van der Waals surface area (Å²) in [5.41, 5.74) is 2.77. The minimum atomic E-state index is 0.523. The van der Waals surface area contributed by atoms with E-state index in [2.05, 4.69) is 25.2 Å². The average molecular weight is 294 g/mol. The minimum absolute atomic E-state index is 0.523. The molecule has 0 spiro atoms. The standard InChI is InChI=1S/C17H28N2O2/c1-5-7-19(8-6-2)15-12-18-11-13-9-14(20-3)10-16(21-4)17(13)15/h9-10,15,18H,5-8,11-12H2,1-4H3/p+2/t15-/m0/s1. The summed E-state index contributed by atoms with van der Waals surface area (Å²) >= 11 is 0. The van der Waals surface area contributed by atoms with E-state index < -0.39 is 0 Å². The molecule has 0 fully saturated rings. The zero-order chi connectivity index (χ0) is 15.2. The third-order valence-electron chi connectivity index (χ3n) is 4.41. The Kier molecular flexibility index (Phi) is 5.88. The fraction of sp³-hybridized carbons (Fsp3) is 0.647. The number of rotatable bonds is 7. The number of nitrogens with two attached hydrogens (primary N) is 1. The van der Waals surface area contributed by atoms with Gasteiger partial charge in [0.05, 0.1) is 32.9 Å². The van der Waals surface area contributed by atoms with Crippen LogP contribution in [0, 0.1) is 0 Å². The Labute approximate surface area is 128 Å². The van der Waals surface area contributed by atoms with E-state index >= 15 is 0 Å². The summed E-state index contributed by atoms with van der Waals surface area (Å²) < 4.78 is 11.1. The van der Waals surface area contributed by atoms with Gasteiger partial charge in [0.15, 0.2) is 6.04 Å². The summed E-state index contributed by atoms with van der Waals surface area (Å²) in [6.45, 7) is 9.15. The van der Waals surface area contributed by atoms with Gasteiger partial charge in [0.25, 0.3) is 0 Å². The Morgan fingerprint density at radius 1 is 1.14 bits per heavy atom. The number of fused-ring (bicyclic) bond motifs is 1. The highest BCUT2D eigenvalue weighted by atomic mass is 16.5. The molecule has 1 aliphatic heterocycles. The Morgan fingerprint density at radius 3 is 2.43 bits per heavy atom. The van der Waals surface area contributed by atoms with Crippen molar-refractivity contribution in [3.63, 3.8) is 0 Å². The molecule has 0 aromatic heterocycles. The molecule has 1 aromatic carbocycles. The largest absolute Gasteiger partial charge is 0.497 e. The molecule has 2 rings (SSSR count). The Balaban J connectivity index is 2.40. The maximum atomic E-state index is 5.68. The van der Waals surface area contributed by atoms with Crippen LogP contribution >= 0.6 is 0 Å². The van der Waals surface area contributed by atoms with Gasteiger partial charge in [-0.3, -0.25) is 0 Å². The average Bonchev–Trinajstić information content (AvgIpc) is 2.52. The molecule has 0 unspecified atom stereocenters. The van der Waals surface area contributed by atoms with Crippen LogP contribution in [0.5, 0.6) is 11.5 Å². The molecule has 1 aliphatic rings. The topological polar surface area (TPSA) is 39.5 Å². The smallest absolute Gasteiger partial charge is 0.167 e. The van der Waals surface area contributed by atoms with Gasteiger partial charge in [0.1, 0.15) is 24.6 Å². The third-order valence-corrected chi connectivity index (χ3v) is 4.41. The Hall–Kier alpha value is -1.26. The quantitative estimate of drug-likeness (QED) is 0.770. The van der Waals surface area contributed by atoms with Crippen molar-refractivity contribution in [2.75, 3.05) is 33.9 Å². The first-order chi connectivity index (χ1) is 10.2. The minimum Gasteiger partial charge on any atom is -0.497 e. The molecule has 3 N–H and O–H groups in total. The predicted octanol–water partition coefficient (Wildman–Crippen LogP) is 0.527. The zero-order valence-electron chi connectivity index (χ0n) is 13.9. The van der Waals surface area contributed by atoms with E-state index in [0.29, 0.717) is 6.04 Å². The molecular formula is C17H30N2O2+2. The lowest BCUT2D eigenvalue weighted by Crippen LogP contribution is -3.15. The summed E-state index contributed by atoms with van der Waals surface area (Å²) in [6.07, 6.45) is 2.44. The summed E-state index contributed by atoms with van der Waals surface area (Å²) in [4.78, 5) is 1.68. The first-order valence-corrected chi connectivity index (χ1v) is 8.16. The van der Waals surface area contributed by atoms with Crippen LogP contribution in [0.2, 0.25) is 0 Å². The molecule has 0 saturated heterocycles. The highest BCUT2D eigenvalue weighted by Crippen LogP contribution is 2.33. The molecule has 4 nitrogen and oxygen atoms in total. The molecule has 118 valence electrons. The molecule has 0 amide bonds. The normalized spacial score (nSPS) is 17.7. The van der Waals surface area contributed by atoms with Gasteiger partial charge in [-0.1, -0.05) is 13.8 Å². The van der Waals surface area contributed by atoms with Crippen molar-refractivity contribution in [2.24, 2.45) is 0 Å². The lowest BCUT2D eigenvalue weighted by atomic mass is 9.93. The van der Waals surface area contributed by atoms with Crippen LogP contribution in [0.1, 0.15) is 43.9 Å². The molecule has 0 bridgehead atoms. The zero-order valence-corrected chi connectivity index (χ0v) is 13.9. The van der Waals surface area contributed by atoms with Gasteiger partial charge in [-0.2, -0.15) is 0 Å². The first kappa shape index (κ1) is 16.1. The third kappa shape index (κ3) is 3.50. The van der Waals surface area contributed by atoms with Crippen molar-refractivity contribution in [2.45, 2.75) is 39.3 Å². The van der Waals surface area contributed by atoms with Crippen molar-refractivity contribution in [1.82, 2.24) is 0 Å². The van der Waals surface area contributed by atoms with Crippen LogP contribution in [0.3, 0.4) is 0 Å². The molecule has 0 aliphatic carbocycles. The fourth-order valence-electron chi connectivity index (χ4n) is 3.52. The van der Waals surface area contributed by atoms with Gasteiger partial charge in [0, 0.05) is 11.6 Å². The highest BCUT2D eigenvalue weighted by molar-refractivity contribution is 5.48. The Morgan fingerprint density at radius 2 is 1.86 bits per heavy atom. The van der Waals surface area contributed by atoms with Gasteiger partial charge in [0.2, 0.25) is 0 Å². The highest BCUT2D eigenvalue weighted by Gasteiger charge is 2.34. The van der Waals surface area contributed by atoms with E-state index in [-0.39, 0.29) is 0 Å². The number of benzene rings is 1. The van der Waals surface area contributed by atoms with Crippen molar-refractivity contribution in [3.8, 4) is 11.5 Å². The van der Waals surface area contributed by atoms with E-state index in [0.717, 1.165) is 24.6 Å². The monoisotopic (exact) mass is 294 g/mol. The first-order valence-electron chi connectivity index (χ1n) is 8.16. The Bertz CT molecular complexity index is 439. The lowest BCUT2D eigenvalue weighted by molar-refractivity contribution is -0.948. The number of hydrogen-bond donors (Lipinski definition) is 2. The van der Waals surface area contributed by atoms with Crippen LogP contribution in [-0.2, 0) is 6.54 Å². The van der Waals surface area contributed by atoms with Gasteiger partial charge in [-0.05, 0) is 18.9 Å². The lowest BCUT2D eigenvalue weighted by Gasteiger charge is -2.32. The van der Waals surface area contributed by atoms with Crippen molar-refractivity contribution < 1.29 is 19.7 Å². The predicted molar refractivity (Wildman–Crippen MR) is 84.1 cm³/mol. The second-order valence-electron chi connectivity index (χ2n) is 5.84. The van der Waals surface area contributed by atoms with Crippen molar-refractivity contribution in [3.05, 3.63) is 23.3 Å². The molecule has 1 heterocycles. The van der Waals surface area contributed by atoms with Gasteiger partial charge in [-0.25, -0.2) is 0 Å². The summed E-state index contributed by atoms with van der Waals surface area (Å²) in [6, 6.07) is 4.73. The van der Waals surface area contributed by atoms with Crippen LogP contribution in [0.25, 0.3) is 0 Å². The van der Waals surface area contributed by atoms with E-state index in [1.165, 1.54) is 37.1 Å². The van der Waals surface area contributed by atoms with Crippen LogP contribution in [0.15, 0.2) is 12.1 Å². The number of nitrogens with one attached hydrogen (secondary N) is 1. The second kappa shape index (κ2) is 7.66. The molecule has 1 atom stereocenters. The number of hydrogen-bond acceptors (Lipinski definition) is 2. The number of quaternary nitrogens is 2. The van der Waals surface area contributed by atoms with Gasteiger partial charge < -0.3 is 19.7 Å².